The Morgan fingerprint density at radius 1 is 1.36 bits per heavy atom. The Bertz CT molecular complexity index is 606. The summed E-state index contributed by atoms with van der Waals surface area (Å²) in [5.74, 6) is -0.820. The fourth-order valence-electron chi connectivity index (χ4n) is 2.77. The van der Waals surface area contributed by atoms with Crippen molar-refractivity contribution in [2.45, 2.75) is 31.8 Å². The first kappa shape index (κ1) is 15.8. The Balaban J connectivity index is 2.00. The van der Waals surface area contributed by atoms with Crippen LogP contribution < -0.4 is 5.32 Å². The molecule has 114 valence electrons. The molecule has 1 aliphatic rings. The minimum absolute atomic E-state index is 0.0477. The zero-order chi connectivity index (χ0) is 16.1. The molecule has 6 nitrogen and oxygen atoms in total. The van der Waals surface area contributed by atoms with Crippen molar-refractivity contribution in [2.24, 2.45) is 0 Å². The molecule has 0 unspecified atom stereocenters. The van der Waals surface area contributed by atoms with Gasteiger partial charge in [-0.25, -0.2) is 0 Å². The summed E-state index contributed by atoms with van der Waals surface area (Å²) in [6, 6.07) is 9.64. The smallest absolute Gasteiger partial charge is 0.317 e. The lowest BCUT2D eigenvalue weighted by Crippen LogP contribution is -2.51. The molecule has 2 rings (SSSR count). The van der Waals surface area contributed by atoms with Gasteiger partial charge in [0.15, 0.2) is 0 Å². The molecule has 2 N–H and O–H groups in total. The maximum Gasteiger partial charge on any atom is 0.317 e. The molecule has 0 radical (unpaired) electrons. The number of nitrogens with one attached hydrogen (secondary N) is 1. The number of benzene rings is 1. The number of rotatable bonds is 6. The molecule has 1 aromatic rings. The van der Waals surface area contributed by atoms with Crippen LogP contribution in [0, 0.1) is 22.7 Å². The fourth-order valence-corrected chi connectivity index (χ4v) is 2.77. The monoisotopic (exact) mass is 298 g/mol. The van der Waals surface area contributed by atoms with Gasteiger partial charge >= 0.3 is 5.97 Å². The van der Waals surface area contributed by atoms with E-state index in [1.807, 2.05) is 11.8 Å². The van der Waals surface area contributed by atoms with E-state index < -0.39 is 5.97 Å². The van der Waals surface area contributed by atoms with Crippen molar-refractivity contribution in [1.29, 1.82) is 10.5 Å². The van der Waals surface area contributed by atoms with Gasteiger partial charge in [0.2, 0.25) is 0 Å². The quantitative estimate of drug-likeness (QED) is 0.830. The van der Waals surface area contributed by atoms with Gasteiger partial charge in [-0.2, -0.15) is 10.5 Å². The fraction of sp³-hybridized carbons (Fsp3) is 0.438. The molecule has 0 aromatic heterocycles. The molecule has 0 amide bonds. The maximum absolute atomic E-state index is 10.8. The standard InChI is InChI=1S/C16H18N4O2/c1-2-20(10-15(21)22)14-6-13(7-14)19-16-11(8-17)4-3-5-12(16)9-18/h3-5,13-14,19H,2,6-7,10H2,1H3,(H,21,22). The number of likely N-dealkylation sites (N-methyl/N-ethyl adjacent to an activating group) is 1. The number of carboxylic acids is 1. The second-order valence-electron chi connectivity index (χ2n) is 5.38. The van der Waals surface area contributed by atoms with Crippen LogP contribution >= 0.6 is 0 Å². The molecule has 6 heteroatoms. The van der Waals surface area contributed by atoms with Crippen molar-refractivity contribution in [3.8, 4) is 12.1 Å². The summed E-state index contributed by atoms with van der Waals surface area (Å²) < 4.78 is 0. The van der Waals surface area contributed by atoms with E-state index in [2.05, 4.69) is 17.5 Å². The van der Waals surface area contributed by atoms with Crippen molar-refractivity contribution >= 4 is 11.7 Å². The number of para-hydroxylation sites is 1. The average Bonchev–Trinajstić information content (AvgIpc) is 2.47. The van der Waals surface area contributed by atoms with Gasteiger partial charge < -0.3 is 10.4 Å². The van der Waals surface area contributed by atoms with Crippen LogP contribution in [0.3, 0.4) is 0 Å². The van der Waals surface area contributed by atoms with Crippen molar-refractivity contribution in [3.05, 3.63) is 29.3 Å². The van der Waals surface area contributed by atoms with Gasteiger partial charge in [-0.3, -0.25) is 9.69 Å². The summed E-state index contributed by atoms with van der Waals surface area (Å²) in [7, 11) is 0. The van der Waals surface area contributed by atoms with Crippen LogP contribution in [0.5, 0.6) is 0 Å². The SMILES string of the molecule is CCN(CC(=O)O)C1CC(Nc2c(C#N)cccc2C#N)C1. The Labute approximate surface area is 129 Å². The zero-order valence-electron chi connectivity index (χ0n) is 12.4. The van der Waals surface area contributed by atoms with E-state index in [9.17, 15) is 4.79 Å². The van der Waals surface area contributed by atoms with Crippen molar-refractivity contribution in [2.75, 3.05) is 18.4 Å². The molecule has 22 heavy (non-hydrogen) atoms. The summed E-state index contributed by atoms with van der Waals surface area (Å²) in [6.45, 7) is 2.69. The molecule has 1 fully saturated rings. The van der Waals surface area contributed by atoms with Crippen LogP contribution in [-0.2, 0) is 4.79 Å². The second kappa shape index (κ2) is 6.93. The van der Waals surface area contributed by atoms with Crippen LogP contribution in [0.1, 0.15) is 30.9 Å². The first-order valence-electron chi connectivity index (χ1n) is 7.24. The normalized spacial score (nSPS) is 19.8. The van der Waals surface area contributed by atoms with E-state index in [1.165, 1.54) is 0 Å². The van der Waals surface area contributed by atoms with Gasteiger partial charge in [-0.1, -0.05) is 13.0 Å². The van der Waals surface area contributed by atoms with E-state index in [4.69, 9.17) is 15.6 Å². The summed E-state index contributed by atoms with van der Waals surface area (Å²) in [4.78, 5) is 12.8. The van der Waals surface area contributed by atoms with Crippen LogP contribution in [-0.4, -0.2) is 41.1 Å². The topological polar surface area (TPSA) is 100 Å². The summed E-state index contributed by atoms with van der Waals surface area (Å²) in [5, 5.41) is 30.4. The number of hydrogen-bond acceptors (Lipinski definition) is 5. The summed E-state index contributed by atoms with van der Waals surface area (Å²) in [6.07, 6.45) is 1.62. The highest BCUT2D eigenvalue weighted by molar-refractivity contribution is 5.69. The molecule has 0 bridgehead atoms. The molecular formula is C16H18N4O2. The Morgan fingerprint density at radius 3 is 2.41 bits per heavy atom. The molecule has 0 heterocycles. The zero-order valence-corrected chi connectivity index (χ0v) is 12.4. The van der Waals surface area contributed by atoms with E-state index in [0.717, 1.165) is 12.8 Å². The molecule has 0 spiro atoms. The van der Waals surface area contributed by atoms with E-state index >= 15 is 0 Å². The van der Waals surface area contributed by atoms with Gasteiger partial charge in [0.1, 0.15) is 12.1 Å². The van der Waals surface area contributed by atoms with Crippen LogP contribution in [0.15, 0.2) is 18.2 Å². The maximum atomic E-state index is 10.8. The molecule has 1 saturated carbocycles. The number of nitriles is 2. The Kier molecular flexibility index (Phi) is 4.98. The van der Waals surface area contributed by atoms with Crippen molar-refractivity contribution < 1.29 is 9.90 Å². The molecule has 0 aliphatic heterocycles. The minimum atomic E-state index is -0.820. The molecule has 1 aliphatic carbocycles. The molecular weight excluding hydrogens is 280 g/mol. The highest BCUT2D eigenvalue weighted by Gasteiger charge is 2.34. The predicted molar refractivity (Wildman–Crippen MR) is 81.2 cm³/mol. The van der Waals surface area contributed by atoms with Crippen molar-refractivity contribution in [3.63, 3.8) is 0 Å². The average molecular weight is 298 g/mol. The second-order valence-corrected chi connectivity index (χ2v) is 5.38. The summed E-state index contributed by atoms with van der Waals surface area (Å²) >= 11 is 0. The lowest BCUT2D eigenvalue weighted by molar-refractivity contribution is -0.139. The first-order valence-corrected chi connectivity index (χ1v) is 7.24. The van der Waals surface area contributed by atoms with Gasteiger partial charge in [-0.05, 0) is 31.5 Å². The van der Waals surface area contributed by atoms with E-state index in [0.29, 0.717) is 23.4 Å². The van der Waals surface area contributed by atoms with Gasteiger partial charge in [0, 0.05) is 12.1 Å². The van der Waals surface area contributed by atoms with Crippen LogP contribution in [0.4, 0.5) is 5.69 Å². The molecule has 0 atom stereocenters. The van der Waals surface area contributed by atoms with E-state index in [-0.39, 0.29) is 18.6 Å². The van der Waals surface area contributed by atoms with Crippen LogP contribution in [0.2, 0.25) is 0 Å². The summed E-state index contributed by atoms with van der Waals surface area (Å²) in [5.41, 5.74) is 1.50. The third-order valence-corrected chi connectivity index (χ3v) is 4.03. The van der Waals surface area contributed by atoms with Gasteiger partial charge in [0.25, 0.3) is 0 Å². The van der Waals surface area contributed by atoms with E-state index in [1.54, 1.807) is 18.2 Å². The number of nitrogens with zero attached hydrogens (tertiary/aromatic N) is 3. The lowest BCUT2D eigenvalue weighted by Gasteiger charge is -2.42. The van der Waals surface area contributed by atoms with Crippen molar-refractivity contribution in [1.82, 2.24) is 4.90 Å². The highest BCUT2D eigenvalue weighted by atomic mass is 16.4. The number of aliphatic carboxylic acids is 1. The first-order chi connectivity index (χ1) is 10.6. The minimum Gasteiger partial charge on any atom is -0.480 e. The predicted octanol–water partition coefficient (Wildman–Crippen LogP) is 1.78. The van der Waals surface area contributed by atoms with Gasteiger partial charge in [-0.15, -0.1) is 0 Å². The lowest BCUT2D eigenvalue weighted by atomic mass is 9.84. The molecule has 0 saturated heterocycles. The number of hydrogen-bond donors (Lipinski definition) is 2. The Morgan fingerprint density at radius 2 is 1.95 bits per heavy atom. The molecule has 1 aromatic carbocycles. The van der Waals surface area contributed by atoms with Gasteiger partial charge in [0.05, 0.1) is 23.4 Å². The third-order valence-electron chi connectivity index (χ3n) is 4.03. The number of anilines is 1. The number of carboxylic acid groups (broad SMARTS) is 1. The van der Waals surface area contributed by atoms with Crippen LogP contribution in [0.25, 0.3) is 0 Å². The Hall–Kier alpha value is -2.57. The number of carbonyl (C=O) groups is 1. The highest BCUT2D eigenvalue weighted by Crippen LogP contribution is 2.31. The largest absolute Gasteiger partial charge is 0.480 e. The third kappa shape index (κ3) is 3.36.